The average molecular weight is 284 g/mol. The second-order valence-corrected chi connectivity index (χ2v) is 3.65. The minimum Gasteiger partial charge on any atom is -0.494 e. The number of rotatable bonds is 2. The normalized spacial score (nSPS) is 10.2. The van der Waals surface area contributed by atoms with Crippen LogP contribution in [0.25, 0.3) is 0 Å². The molecule has 9 nitrogen and oxygen atoms in total. The van der Waals surface area contributed by atoms with Crippen molar-refractivity contribution in [3.8, 4) is 5.75 Å². The minimum absolute atomic E-state index is 0.0376. The number of hydrogen-bond acceptors (Lipinski definition) is 6. The molecule has 0 heterocycles. The van der Waals surface area contributed by atoms with Crippen molar-refractivity contribution in [2.45, 2.75) is 0 Å². The molecule has 102 valence electrons. The number of nitrogen functional groups attached to an aromatic ring is 1. The van der Waals surface area contributed by atoms with Crippen LogP contribution in [0.3, 0.4) is 0 Å². The second kappa shape index (κ2) is 6.09. The summed E-state index contributed by atoms with van der Waals surface area (Å²) in [5.41, 5.74) is 4.73. The Morgan fingerprint density at radius 3 is 2.22 bits per heavy atom. The van der Waals surface area contributed by atoms with Crippen LogP contribution < -0.4 is 10.5 Å². The summed E-state index contributed by atoms with van der Waals surface area (Å²) in [6.07, 6.45) is 0. The van der Waals surface area contributed by atoms with Gasteiger partial charge >= 0.3 is 16.1 Å². The Kier molecular flexibility index (Phi) is 5.42. The first kappa shape index (κ1) is 16.0. The van der Waals surface area contributed by atoms with E-state index >= 15 is 0 Å². The number of methoxy groups -OCH3 is 1. The second-order valence-electron chi connectivity index (χ2n) is 2.75. The molecule has 0 fully saturated rings. The first-order valence-electron chi connectivity index (χ1n) is 4.03. The maximum absolute atomic E-state index is 12.9. The Morgan fingerprint density at radius 2 is 1.89 bits per heavy atom. The molecule has 0 unspecified atom stereocenters. The quantitative estimate of drug-likeness (QED) is 0.310. The van der Waals surface area contributed by atoms with Crippen molar-refractivity contribution in [3.05, 3.63) is 28.1 Å². The highest BCUT2D eigenvalue weighted by molar-refractivity contribution is 7.79. The van der Waals surface area contributed by atoms with Crippen LogP contribution in [-0.2, 0) is 10.4 Å². The maximum Gasteiger partial charge on any atom is 0.394 e. The van der Waals surface area contributed by atoms with E-state index in [2.05, 4.69) is 4.74 Å². The molecule has 1 aromatic carbocycles. The molecule has 1 rings (SSSR count). The summed E-state index contributed by atoms with van der Waals surface area (Å²) < 4.78 is 49.1. The van der Waals surface area contributed by atoms with Crippen molar-refractivity contribution in [3.63, 3.8) is 0 Å². The molecule has 0 aliphatic carbocycles. The summed E-state index contributed by atoms with van der Waals surface area (Å²) >= 11 is 0. The molecule has 0 aliphatic heterocycles. The molecule has 0 bridgehead atoms. The molecule has 0 saturated heterocycles. The lowest BCUT2D eigenvalue weighted by molar-refractivity contribution is -0.387. The third kappa shape index (κ3) is 5.93. The summed E-state index contributed by atoms with van der Waals surface area (Å²) in [6.45, 7) is 0. The van der Waals surface area contributed by atoms with Gasteiger partial charge < -0.3 is 10.5 Å². The van der Waals surface area contributed by atoms with Gasteiger partial charge in [-0.05, 0) is 0 Å². The number of nitrogens with two attached hydrogens (primary N) is 1. The number of halogens is 1. The van der Waals surface area contributed by atoms with Crippen LogP contribution in [-0.4, -0.2) is 29.6 Å². The van der Waals surface area contributed by atoms with E-state index in [0.29, 0.717) is 0 Å². The molecular weight excluding hydrogens is 275 g/mol. The van der Waals surface area contributed by atoms with Crippen LogP contribution >= 0.6 is 0 Å². The molecule has 0 spiro atoms. The molecule has 11 heteroatoms. The van der Waals surface area contributed by atoms with Gasteiger partial charge in [-0.2, -0.15) is 12.8 Å². The number of ether oxygens (including phenoxy) is 1. The highest BCUT2D eigenvalue weighted by atomic mass is 32.3. The molecule has 0 saturated carbocycles. The van der Waals surface area contributed by atoms with Gasteiger partial charge in [0.2, 0.25) is 5.82 Å². The first-order valence-corrected chi connectivity index (χ1v) is 5.43. The fourth-order valence-corrected chi connectivity index (χ4v) is 0.876. The summed E-state index contributed by atoms with van der Waals surface area (Å²) in [6, 6.07) is 1.81. The van der Waals surface area contributed by atoms with E-state index in [4.69, 9.17) is 23.3 Å². The van der Waals surface area contributed by atoms with E-state index < -0.39 is 26.8 Å². The smallest absolute Gasteiger partial charge is 0.394 e. The monoisotopic (exact) mass is 284 g/mol. The zero-order valence-electron chi connectivity index (χ0n) is 8.90. The topological polar surface area (TPSA) is 153 Å². The Labute approximate surface area is 101 Å². The van der Waals surface area contributed by atoms with Gasteiger partial charge in [0.25, 0.3) is 0 Å². The first-order chi connectivity index (χ1) is 8.06. The molecule has 18 heavy (non-hydrogen) atoms. The summed E-state index contributed by atoms with van der Waals surface area (Å²) in [4.78, 5) is 9.40. The van der Waals surface area contributed by atoms with Crippen molar-refractivity contribution in [2.24, 2.45) is 0 Å². The predicted molar refractivity (Wildman–Crippen MR) is 58.2 cm³/mol. The SMILES string of the molecule is COc1cc(F)c([N+](=O)[O-])cc1N.O=S(=O)(O)O. The van der Waals surface area contributed by atoms with Crippen LogP contribution in [0.15, 0.2) is 12.1 Å². The van der Waals surface area contributed by atoms with Crippen LogP contribution in [0.2, 0.25) is 0 Å². The molecule has 0 atom stereocenters. The van der Waals surface area contributed by atoms with Gasteiger partial charge in [-0.1, -0.05) is 0 Å². The van der Waals surface area contributed by atoms with Gasteiger partial charge in [-0.15, -0.1) is 0 Å². The average Bonchev–Trinajstić information content (AvgIpc) is 2.18. The van der Waals surface area contributed by atoms with Gasteiger partial charge in [-0.25, -0.2) is 0 Å². The molecular formula is C7H9FN2O7S. The zero-order valence-corrected chi connectivity index (χ0v) is 9.72. The van der Waals surface area contributed by atoms with E-state index in [-0.39, 0.29) is 11.4 Å². The fraction of sp³-hybridized carbons (Fsp3) is 0.143. The number of anilines is 1. The third-order valence-corrected chi connectivity index (χ3v) is 1.50. The fourth-order valence-electron chi connectivity index (χ4n) is 0.876. The molecule has 0 radical (unpaired) electrons. The van der Waals surface area contributed by atoms with Crippen molar-refractivity contribution >= 4 is 21.8 Å². The Balaban J connectivity index is 0.000000494. The lowest BCUT2D eigenvalue weighted by Gasteiger charge is -2.03. The van der Waals surface area contributed by atoms with E-state index in [1.807, 2.05) is 0 Å². The van der Waals surface area contributed by atoms with Gasteiger partial charge in [0, 0.05) is 12.1 Å². The van der Waals surface area contributed by atoms with E-state index in [1.54, 1.807) is 0 Å². The van der Waals surface area contributed by atoms with Crippen LogP contribution in [0.5, 0.6) is 5.75 Å². The molecule has 0 aliphatic rings. The summed E-state index contributed by atoms with van der Waals surface area (Å²) in [5, 5.41) is 10.2. The van der Waals surface area contributed by atoms with E-state index in [0.717, 1.165) is 12.1 Å². The largest absolute Gasteiger partial charge is 0.494 e. The lowest BCUT2D eigenvalue weighted by atomic mass is 10.2. The minimum atomic E-state index is -4.67. The Hall–Kier alpha value is -1.98. The van der Waals surface area contributed by atoms with Crippen LogP contribution in [0, 0.1) is 15.9 Å². The highest BCUT2D eigenvalue weighted by Crippen LogP contribution is 2.28. The summed E-state index contributed by atoms with van der Waals surface area (Å²) in [7, 11) is -3.36. The molecule has 0 aromatic heterocycles. The van der Waals surface area contributed by atoms with Gasteiger partial charge in [0.05, 0.1) is 17.7 Å². The van der Waals surface area contributed by atoms with Crippen LogP contribution in [0.1, 0.15) is 0 Å². The predicted octanol–water partition coefficient (Wildman–Crippen LogP) is 0.672. The van der Waals surface area contributed by atoms with E-state index in [9.17, 15) is 14.5 Å². The zero-order chi connectivity index (χ0) is 14.5. The number of benzene rings is 1. The van der Waals surface area contributed by atoms with Crippen molar-refractivity contribution in [1.29, 1.82) is 0 Å². The third-order valence-electron chi connectivity index (χ3n) is 1.50. The van der Waals surface area contributed by atoms with Crippen LogP contribution in [0.4, 0.5) is 15.8 Å². The number of hydrogen-bond donors (Lipinski definition) is 3. The van der Waals surface area contributed by atoms with Crippen molar-refractivity contribution < 1.29 is 31.6 Å². The van der Waals surface area contributed by atoms with Crippen molar-refractivity contribution in [1.82, 2.24) is 0 Å². The standard InChI is InChI=1S/C7H7FN2O3.H2O4S/c1-13-7-2-4(8)6(10(11)12)3-5(7)9;1-5(2,3)4/h2-3H,9H2,1H3;(H2,1,2,3,4). The maximum atomic E-state index is 12.9. The van der Waals surface area contributed by atoms with Gasteiger partial charge in [0.15, 0.2) is 0 Å². The highest BCUT2D eigenvalue weighted by Gasteiger charge is 2.16. The summed E-state index contributed by atoms with van der Waals surface area (Å²) in [5.74, 6) is -0.876. The van der Waals surface area contributed by atoms with E-state index in [1.165, 1.54) is 7.11 Å². The lowest BCUT2D eigenvalue weighted by Crippen LogP contribution is -1.98. The molecule has 1 aromatic rings. The Morgan fingerprint density at radius 1 is 1.44 bits per heavy atom. The van der Waals surface area contributed by atoms with Crippen molar-refractivity contribution in [2.75, 3.05) is 12.8 Å². The van der Waals surface area contributed by atoms with Gasteiger partial charge in [0.1, 0.15) is 5.75 Å². The number of nitrogens with zero attached hydrogens (tertiary/aromatic N) is 1. The molecule has 0 amide bonds. The number of nitro benzene ring substituents is 1. The van der Waals surface area contributed by atoms with Gasteiger partial charge in [-0.3, -0.25) is 19.2 Å². The number of nitro groups is 1. The Bertz CT molecular complexity index is 537. The molecule has 4 N–H and O–H groups in total.